The SMILES string of the molecule is CC(C)(C)c1ccc([O-])c(C(C)(C)C)c1.CC(C)(C)c1ccc([O-])c(C(C)(C)C)c1.CC1=Cc2c(-c3ccccc3)cccc2[CH]1[Zr].CC1=Cc2c(ccc3ccccc23)[CH]1[Zr].CC1=NC2=CC=C3C2=C1[Si]3(C)C.CC1=NC2=CC=C3C2=C1[Si]3(C)C.[Cl-]. The van der Waals surface area contributed by atoms with Crippen LogP contribution in [0.2, 0.25) is 26.2 Å². The van der Waals surface area contributed by atoms with Crippen molar-refractivity contribution in [3.05, 3.63) is 245 Å². The van der Waals surface area contributed by atoms with E-state index in [1.807, 2.05) is 12.1 Å². The molecule has 0 N–H and O–H groups in total. The molecule has 4 aliphatic carbocycles. The first-order valence-corrected chi connectivity index (χ1v) is 39.5. The van der Waals surface area contributed by atoms with E-state index in [4.69, 9.17) is 0 Å². The molecular weight excluding hydrogens is 1270 g/mol. The van der Waals surface area contributed by atoms with Gasteiger partial charge in [-0.2, -0.15) is 0 Å². The molecule has 448 valence electrons. The standard InChI is InChI=1S/C16H13.2C14H22O.C14H11.2C10H11NSi.ClH.2Zr/c1-12-10-14-8-5-9-15(16(14)11-12)13-6-3-2-4-7-13;2*1-13(2,3)10-7-8-12(15)11(9-10)14(4,5)6;1-10-8-12-7-6-11-4-2-3-5-13(11)14(12)9-10;2*1-6-10-9-7(11-6)4-5-8(9)12(10,2)3;;;/h2-11H,1H3;2*7-9,15H,1-6H3;2-9H,1H3;2*4-5H,1-3H3;1H;;/p-3. The number of rotatable bonds is 1. The minimum atomic E-state index is -1.17. The number of nitrogens with zero attached hydrogens (tertiary/aromatic N) is 2. The summed E-state index contributed by atoms with van der Waals surface area (Å²) in [6.07, 6.45) is 13.6. The summed E-state index contributed by atoms with van der Waals surface area (Å²) in [7, 11) is -2.35. The molecule has 2 atom stereocenters. The zero-order valence-corrected chi connectivity index (χ0v) is 62.9. The first-order chi connectivity index (χ1) is 40.0. The van der Waals surface area contributed by atoms with Gasteiger partial charge in [0.25, 0.3) is 0 Å². The van der Waals surface area contributed by atoms with Gasteiger partial charge < -0.3 is 22.6 Å². The van der Waals surface area contributed by atoms with Gasteiger partial charge in [-0.25, -0.2) is 0 Å². The molecule has 6 aromatic rings. The molecule has 8 aliphatic rings. The van der Waals surface area contributed by atoms with Crippen LogP contribution in [0.25, 0.3) is 34.1 Å². The fourth-order valence-electron chi connectivity index (χ4n) is 13.1. The van der Waals surface area contributed by atoms with Gasteiger partial charge in [0.05, 0.1) is 11.4 Å². The largest absolute Gasteiger partial charge is 1.00 e. The van der Waals surface area contributed by atoms with Crippen LogP contribution in [0.1, 0.15) is 163 Å². The van der Waals surface area contributed by atoms with E-state index in [2.05, 4.69) is 280 Å². The van der Waals surface area contributed by atoms with Crippen molar-refractivity contribution in [2.75, 3.05) is 0 Å². The topological polar surface area (TPSA) is 70.8 Å². The second-order valence-corrected chi connectivity index (χ2v) is 40.9. The Morgan fingerprint density at radius 3 is 1.32 bits per heavy atom. The number of hydrogen-bond donors (Lipinski definition) is 0. The van der Waals surface area contributed by atoms with Gasteiger partial charge >= 0.3 is 223 Å². The van der Waals surface area contributed by atoms with Crippen molar-refractivity contribution in [3.8, 4) is 22.6 Å². The van der Waals surface area contributed by atoms with E-state index in [-0.39, 0.29) is 45.6 Å². The van der Waals surface area contributed by atoms with Crippen molar-refractivity contribution in [1.29, 1.82) is 0 Å². The Kier molecular flexibility index (Phi) is 19.7. The van der Waals surface area contributed by atoms with Crippen LogP contribution in [0.5, 0.6) is 11.5 Å². The van der Waals surface area contributed by atoms with E-state index in [9.17, 15) is 10.2 Å². The minimum Gasteiger partial charge on any atom is -1.00 e. The summed E-state index contributed by atoms with van der Waals surface area (Å²) >= 11 is 3.18. The average molecular weight is 1360 g/mol. The van der Waals surface area contributed by atoms with Crippen LogP contribution in [0.3, 0.4) is 0 Å². The van der Waals surface area contributed by atoms with Crippen molar-refractivity contribution in [1.82, 2.24) is 0 Å². The Balaban J connectivity index is 0.000000136. The van der Waals surface area contributed by atoms with Crippen LogP contribution in [-0.4, -0.2) is 27.6 Å². The molecule has 4 aliphatic heterocycles. The third-order valence-electron chi connectivity index (χ3n) is 18.1. The molecule has 0 radical (unpaired) electrons. The third-order valence-corrected chi connectivity index (χ3v) is 29.1. The molecule has 0 aromatic heterocycles. The molecule has 9 heteroatoms. The minimum absolute atomic E-state index is 0. The Bertz CT molecular complexity index is 3900. The molecule has 0 fully saturated rings. The second kappa shape index (κ2) is 25.3. The molecule has 0 bridgehead atoms. The Labute approximate surface area is 560 Å². The van der Waals surface area contributed by atoms with E-state index in [1.54, 1.807) is 82.4 Å². The monoisotopic (exact) mass is 1360 g/mol. The number of fused-ring (bicyclic) bond motifs is 4. The maximum atomic E-state index is 11.7. The average Bonchev–Trinajstić information content (AvgIpc) is 1.56. The van der Waals surface area contributed by atoms with Crippen molar-refractivity contribution in [2.45, 2.75) is 166 Å². The molecule has 6 aromatic carbocycles. The maximum Gasteiger partial charge on any atom is 0.116 e. The summed E-state index contributed by atoms with van der Waals surface area (Å²) < 4.78 is 1.33. The first-order valence-electron chi connectivity index (χ1n) is 30.6. The van der Waals surface area contributed by atoms with Gasteiger partial charge in [-0.1, -0.05) is 169 Å². The van der Waals surface area contributed by atoms with Gasteiger partial charge in [0, 0.05) is 22.6 Å². The molecule has 2 unspecified atom stereocenters. The normalized spacial score (nSPS) is 18.8. The first kappa shape index (κ1) is 67.9. The van der Waals surface area contributed by atoms with Crippen LogP contribution >= 0.6 is 0 Å². The molecule has 0 amide bonds. The Morgan fingerprint density at radius 2 is 0.874 bits per heavy atom. The number of hydrogen-bond acceptors (Lipinski definition) is 4. The molecular formula is C78H88ClN2O2Si2Zr2-3. The second-order valence-electron chi connectivity index (χ2n) is 29.4. The van der Waals surface area contributed by atoms with Crippen LogP contribution in [0, 0.1) is 0 Å². The molecule has 4 heterocycles. The van der Waals surface area contributed by atoms with Crippen molar-refractivity contribution in [3.63, 3.8) is 0 Å². The number of halogens is 1. The van der Waals surface area contributed by atoms with Gasteiger partial charge in [0.15, 0.2) is 0 Å². The fourth-order valence-corrected chi connectivity index (χ4v) is 21.3. The quantitative estimate of drug-likeness (QED) is 0.154. The van der Waals surface area contributed by atoms with E-state index in [1.165, 1.54) is 100 Å². The maximum absolute atomic E-state index is 11.7. The smallest absolute Gasteiger partial charge is 0.116 e. The molecule has 4 nitrogen and oxygen atoms in total. The fraction of sp³-hybridized carbons (Fsp3) is 0.333. The van der Waals surface area contributed by atoms with Crippen molar-refractivity contribution < 1.29 is 72.1 Å². The van der Waals surface area contributed by atoms with Gasteiger partial charge in [-0.05, 0) is 79.6 Å². The predicted molar refractivity (Wildman–Crippen MR) is 363 cm³/mol. The zero-order valence-electron chi connectivity index (χ0n) is 55.3. The predicted octanol–water partition coefficient (Wildman–Crippen LogP) is 16.7. The molecule has 0 saturated carbocycles. The molecule has 0 spiro atoms. The van der Waals surface area contributed by atoms with E-state index >= 15 is 0 Å². The summed E-state index contributed by atoms with van der Waals surface area (Å²) in [6.45, 7) is 43.9. The van der Waals surface area contributed by atoms with E-state index in [0.29, 0.717) is 7.25 Å². The van der Waals surface area contributed by atoms with Crippen LogP contribution in [-0.2, 0) is 71.1 Å². The Hall–Kier alpha value is -5.07. The molecule has 14 rings (SSSR count). The van der Waals surface area contributed by atoms with Crippen LogP contribution in [0.4, 0.5) is 0 Å². The van der Waals surface area contributed by atoms with Gasteiger partial charge in [-0.3, -0.25) is 9.98 Å². The van der Waals surface area contributed by atoms with Crippen LogP contribution in [0.15, 0.2) is 210 Å². The summed E-state index contributed by atoms with van der Waals surface area (Å²) in [4.78, 5) is 9.11. The van der Waals surface area contributed by atoms with Crippen LogP contribution < -0.4 is 22.6 Å². The van der Waals surface area contributed by atoms with E-state index < -0.39 is 16.1 Å². The molecule has 0 saturated heterocycles. The van der Waals surface area contributed by atoms with Gasteiger partial charge in [0.1, 0.15) is 16.1 Å². The summed E-state index contributed by atoms with van der Waals surface area (Å²) in [5.41, 5.74) is 23.9. The Morgan fingerprint density at radius 1 is 0.448 bits per heavy atom. The zero-order chi connectivity index (χ0) is 63.0. The van der Waals surface area contributed by atoms with E-state index in [0.717, 1.165) is 11.1 Å². The van der Waals surface area contributed by atoms with Crippen molar-refractivity contribution >= 4 is 50.5 Å². The number of aliphatic imine (C=N–C) groups is 2. The summed E-state index contributed by atoms with van der Waals surface area (Å²) in [5.74, 6) is 0.297. The van der Waals surface area contributed by atoms with Crippen molar-refractivity contribution in [2.24, 2.45) is 9.98 Å². The van der Waals surface area contributed by atoms with Gasteiger partial charge in [-0.15, -0.1) is 11.5 Å². The third kappa shape index (κ3) is 13.5. The summed E-state index contributed by atoms with van der Waals surface area (Å²) in [5, 5.41) is 32.7. The molecule has 87 heavy (non-hydrogen) atoms. The number of allylic oxidation sites excluding steroid dienone is 10. The number of benzene rings is 6. The van der Waals surface area contributed by atoms with Gasteiger partial charge in [0.2, 0.25) is 0 Å². The summed E-state index contributed by atoms with van der Waals surface area (Å²) in [6, 6.07) is 41.9.